The second kappa shape index (κ2) is 22.3. The van der Waals surface area contributed by atoms with E-state index in [0.717, 1.165) is 35.4 Å². The van der Waals surface area contributed by atoms with Gasteiger partial charge in [0.05, 0.1) is 18.1 Å². The van der Waals surface area contributed by atoms with Gasteiger partial charge in [0.1, 0.15) is 16.4 Å². The Morgan fingerprint density at radius 1 is 0.545 bits per heavy atom. The molecule has 0 saturated carbocycles. The molecule has 66 heavy (non-hydrogen) atoms. The molecule has 0 amide bonds. The van der Waals surface area contributed by atoms with Crippen molar-refractivity contribution in [3.8, 4) is 11.5 Å². The van der Waals surface area contributed by atoms with Gasteiger partial charge in [0.15, 0.2) is 11.4 Å². The molecule has 4 rings (SSSR count). The Hall–Kier alpha value is -4.90. The molecule has 0 aromatic heterocycles. The van der Waals surface area contributed by atoms with E-state index >= 15 is 0 Å². The van der Waals surface area contributed by atoms with E-state index in [1.165, 1.54) is 24.3 Å². The molecule has 0 N–H and O–H groups in total. The van der Waals surface area contributed by atoms with Crippen LogP contribution in [0.4, 0.5) is 26.3 Å². The van der Waals surface area contributed by atoms with E-state index in [2.05, 4.69) is 10.3 Å². The van der Waals surface area contributed by atoms with Gasteiger partial charge in [-0.25, -0.2) is 4.21 Å². The van der Waals surface area contributed by atoms with Gasteiger partial charge in [-0.15, -0.1) is 0 Å². The zero-order valence-corrected chi connectivity index (χ0v) is 41.0. The van der Waals surface area contributed by atoms with Crippen molar-refractivity contribution in [1.82, 2.24) is 0 Å². The summed E-state index contributed by atoms with van der Waals surface area (Å²) in [6, 6.07) is 16.9. The van der Waals surface area contributed by atoms with Gasteiger partial charge >= 0.3 is 22.5 Å². The molecule has 4 aromatic carbocycles. The fourth-order valence-electron chi connectivity index (χ4n) is 6.89. The van der Waals surface area contributed by atoms with E-state index in [1.807, 2.05) is 67.5 Å². The van der Waals surface area contributed by atoms with Gasteiger partial charge in [-0.05, 0) is 117 Å². The minimum atomic E-state index is -5.08. The maximum absolute atomic E-state index is 14.3. The van der Waals surface area contributed by atoms with Crippen LogP contribution in [0, 0.1) is 0 Å². The van der Waals surface area contributed by atoms with Gasteiger partial charge in [0.25, 0.3) is 11.1 Å². The van der Waals surface area contributed by atoms with Gasteiger partial charge in [0.2, 0.25) is 0 Å². The first kappa shape index (κ1) is 53.7. The van der Waals surface area contributed by atoms with E-state index in [9.17, 15) is 39.0 Å². The molecule has 362 valence electrons. The van der Waals surface area contributed by atoms with Crippen LogP contribution in [0.25, 0.3) is 0 Å². The number of ether oxygens (including phenoxy) is 2. The third-order valence-corrected chi connectivity index (χ3v) is 12.9. The van der Waals surface area contributed by atoms with Crippen LogP contribution in [0.2, 0.25) is 0 Å². The quantitative estimate of drug-likeness (QED) is 0.0375. The SMILES string of the molecule is CC(C)c1cc(C(C)C)c(S(=O)O/N=C(/c2ccc(OCCCOc3ccc(/C(=N/OS(=O)(=O)c4c(C(C)C)cc(C(C)C)cc4C(C)C)C(F)(F)F)cc3)cc2)C(F)(F)F)c(C(C)C)c1. The number of hydrogen-bond donors (Lipinski definition) is 0. The van der Waals surface area contributed by atoms with Gasteiger partial charge < -0.3 is 9.47 Å². The van der Waals surface area contributed by atoms with Crippen molar-refractivity contribution < 1.29 is 57.0 Å². The van der Waals surface area contributed by atoms with Crippen molar-refractivity contribution >= 4 is 32.6 Å². The van der Waals surface area contributed by atoms with Crippen LogP contribution in [0.15, 0.2) is 92.9 Å². The number of nitrogens with zero attached hydrogens (tertiary/aromatic N) is 2. The number of benzene rings is 4. The van der Waals surface area contributed by atoms with Gasteiger partial charge in [-0.2, -0.15) is 34.8 Å². The standard InChI is InChI=1S/C49H60F6N2O7S2/c1-28(2)36-24-40(30(5)6)44(41(25-36)31(7)8)65(58)63-56-46(48(50,51)52)34-14-18-38(19-15-34)61-22-13-23-62-39-20-16-35(17-21-39)47(49(53,54)55)57-64-66(59,60)45-42(32(9)10)26-37(29(3)4)27-43(45)33(11)12/h14-21,24-33H,13,22-23H2,1-12H3/b56-46-,57-47-. The van der Waals surface area contributed by atoms with Gasteiger partial charge in [0, 0.05) is 17.5 Å². The molecule has 4 aromatic rings. The fourth-order valence-corrected chi connectivity index (χ4v) is 9.49. The Labute approximate surface area is 387 Å². The van der Waals surface area contributed by atoms with E-state index in [-0.39, 0.29) is 77.1 Å². The molecular weight excluding hydrogens is 907 g/mol. The summed E-state index contributed by atoms with van der Waals surface area (Å²) in [5.41, 5.74) is 0.436. The van der Waals surface area contributed by atoms with Crippen LogP contribution >= 0.6 is 0 Å². The zero-order valence-electron chi connectivity index (χ0n) is 39.4. The Balaban J connectivity index is 1.41. The van der Waals surface area contributed by atoms with E-state index in [4.69, 9.17) is 18.0 Å². The lowest BCUT2D eigenvalue weighted by atomic mass is 9.89. The third kappa shape index (κ3) is 13.8. The highest BCUT2D eigenvalue weighted by atomic mass is 32.2. The first-order chi connectivity index (χ1) is 30.6. The molecule has 0 saturated heterocycles. The molecule has 1 atom stereocenters. The summed E-state index contributed by atoms with van der Waals surface area (Å²) >= 11 is -2.35. The normalized spacial score (nSPS) is 13.7. The van der Waals surface area contributed by atoms with Crippen LogP contribution < -0.4 is 9.47 Å². The van der Waals surface area contributed by atoms with Crippen molar-refractivity contribution in [1.29, 1.82) is 0 Å². The summed E-state index contributed by atoms with van der Waals surface area (Å²) in [5, 5.41) is 6.53. The number of alkyl halides is 6. The van der Waals surface area contributed by atoms with Crippen molar-refractivity contribution in [3.05, 3.63) is 117 Å². The van der Waals surface area contributed by atoms with Gasteiger partial charge in [-0.3, -0.25) is 8.57 Å². The second-order valence-corrected chi connectivity index (χ2v) is 20.3. The lowest BCUT2D eigenvalue weighted by molar-refractivity contribution is -0.0606. The molecule has 0 aliphatic heterocycles. The fraction of sp³-hybridized carbons (Fsp3) is 0.469. The largest absolute Gasteiger partial charge is 0.493 e. The minimum absolute atomic E-state index is 0.0571. The van der Waals surface area contributed by atoms with Crippen molar-refractivity contribution in [2.75, 3.05) is 13.2 Å². The highest BCUT2D eigenvalue weighted by Crippen LogP contribution is 2.38. The third-order valence-electron chi connectivity index (χ3n) is 10.6. The molecule has 0 radical (unpaired) electrons. The summed E-state index contributed by atoms with van der Waals surface area (Å²) in [5.74, 6) is -0.0696. The van der Waals surface area contributed by atoms with Crippen LogP contribution in [0.3, 0.4) is 0 Å². The van der Waals surface area contributed by atoms with Crippen LogP contribution in [0.5, 0.6) is 11.5 Å². The number of rotatable bonds is 20. The first-order valence-corrected chi connectivity index (χ1v) is 24.3. The minimum Gasteiger partial charge on any atom is -0.493 e. The van der Waals surface area contributed by atoms with Crippen LogP contribution in [-0.4, -0.2) is 49.6 Å². The summed E-state index contributed by atoms with van der Waals surface area (Å²) in [4.78, 5) is 0.113. The molecule has 0 aliphatic rings. The van der Waals surface area contributed by atoms with Crippen molar-refractivity contribution in [3.63, 3.8) is 0 Å². The van der Waals surface area contributed by atoms with E-state index in [0.29, 0.717) is 27.1 Å². The van der Waals surface area contributed by atoms with Gasteiger partial charge in [-0.1, -0.05) is 118 Å². The van der Waals surface area contributed by atoms with Crippen LogP contribution in [0.1, 0.15) is 170 Å². The maximum atomic E-state index is 14.3. The van der Waals surface area contributed by atoms with E-state index in [1.54, 1.807) is 39.8 Å². The van der Waals surface area contributed by atoms with Crippen molar-refractivity contribution in [2.24, 2.45) is 10.3 Å². The highest BCUT2D eigenvalue weighted by molar-refractivity contribution is 7.86. The molecule has 0 heterocycles. The smallest absolute Gasteiger partial charge is 0.437 e. The molecule has 0 bridgehead atoms. The number of hydrogen-bond acceptors (Lipinski definition) is 9. The Bertz CT molecular complexity index is 2420. The molecule has 1 unspecified atom stereocenters. The maximum Gasteiger partial charge on any atom is 0.437 e. The second-order valence-electron chi connectivity index (χ2n) is 17.8. The van der Waals surface area contributed by atoms with Crippen molar-refractivity contribution in [2.45, 2.75) is 147 Å². The lowest BCUT2D eigenvalue weighted by Crippen LogP contribution is -2.25. The Morgan fingerprint density at radius 2 is 0.894 bits per heavy atom. The molecular formula is C49H60F6N2O7S2. The van der Waals surface area contributed by atoms with Crippen LogP contribution in [-0.2, 0) is 29.8 Å². The Kier molecular flexibility index (Phi) is 18.1. The highest BCUT2D eigenvalue weighted by Gasteiger charge is 2.40. The monoisotopic (exact) mass is 966 g/mol. The molecule has 9 nitrogen and oxygen atoms in total. The Morgan fingerprint density at radius 3 is 1.23 bits per heavy atom. The molecule has 0 fully saturated rings. The molecule has 0 spiro atoms. The average molecular weight is 967 g/mol. The average Bonchev–Trinajstić information content (AvgIpc) is 3.22. The predicted molar refractivity (Wildman–Crippen MR) is 247 cm³/mol. The summed E-state index contributed by atoms with van der Waals surface area (Å²) in [7, 11) is -4.79. The number of oxime groups is 2. The number of halogens is 6. The predicted octanol–water partition coefficient (Wildman–Crippen LogP) is 14.0. The molecule has 17 heteroatoms. The summed E-state index contributed by atoms with van der Waals surface area (Å²) in [6.07, 6.45) is -9.75. The first-order valence-electron chi connectivity index (χ1n) is 21.8. The summed E-state index contributed by atoms with van der Waals surface area (Å²) < 4.78 is 148. The lowest BCUT2D eigenvalue weighted by Gasteiger charge is -2.21. The van der Waals surface area contributed by atoms with E-state index < -0.39 is 50.5 Å². The summed E-state index contributed by atoms with van der Waals surface area (Å²) in [6.45, 7) is 22.9. The molecule has 0 aliphatic carbocycles. The topological polar surface area (TPSA) is 113 Å². The zero-order chi connectivity index (χ0) is 49.5.